The van der Waals surface area contributed by atoms with Crippen molar-refractivity contribution in [3.63, 3.8) is 0 Å². The Bertz CT molecular complexity index is 817. The lowest BCUT2D eigenvalue weighted by Crippen LogP contribution is -2.30. The first-order valence-electron chi connectivity index (χ1n) is 8.94. The van der Waals surface area contributed by atoms with Gasteiger partial charge >= 0.3 is 5.97 Å². The van der Waals surface area contributed by atoms with Crippen molar-refractivity contribution in [2.45, 2.75) is 12.8 Å². The number of benzene rings is 2. The largest absolute Gasteiger partial charge is 0.504 e. The molecule has 1 atom stereocenters. The number of amides is 1. The zero-order chi connectivity index (χ0) is 20.4. The summed E-state index contributed by atoms with van der Waals surface area (Å²) in [6, 6.07) is 14.7. The molecule has 0 aromatic heterocycles. The quantitative estimate of drug-likeness (QED) is 0.514. The molecule has 0 heterocycles. The predicted molar refractivity (Wildman–Crippen MR) is 106 cm³/mol. The third kappa shape index (κ3) is 6.79. The molecule has 0 aliphatic rings. The number of carbonyl (C=O) groups is 2. The van der Waals surface area contributed by atoms with E-state index in [4.69, 9.17) is 4.74 Å². The van der Waals surface area contributed by atoms with E-state index in [1.54, 1.807) is 18.2 Å². The Balaban J connectivity index is 1.97. The maximum Gasteiger partial charge on any atom is 0.330 e. The summed E-state index contributed by atoms with van der Waals surface area (Å²) in [4.78, 5) is 23.7. The molecule has 1 unspecified atom stereocenters. The van der Waals surface area contributed by atoms with Gasteiger partial charge in [-0.05, 0) is 35.6 Å². The van der Waals surface area contributed by atoms with E-state index in [1.165, 1.54) is 26.4 Å². The average Bonchev–Trinajstić information content (AvgIpc) is 2.71. The number of methoxy groups -OCH3 is 2. The minimum Gasteiger partial charge on any atom is -0.504 e. The van der Waals surface area contributed by atoms with Gasteiger partial charge in [-0.1, -0.05) is 42.5 Å². The molecule has 2 aromatic carbocycles. The number of aromatic hydroxyl groups is 1. The van der Waals surface area contributed by atoms with Crippen LogP contribution in [0.15, 0.2) is 60.7 Å². The smallest absolute Gasteiger partial charge is 0.330 e. The van der Waals surface area contributed by atoms with E-state index >= 15 is 0 Å². The Morgan fingerprint density at radius 2 is 1.86 bits per heavy atom. The van der Waals surface area contributed by atoms with Crippen LogP contribution in [-0.2, 0) is 27.2 Å². The highest BCUT2D eigenvalue weighted by molar-refractivity contribution is 5.82. The van der Waals surface area contributed by atoms with Gasteiger partial charge in [0.1, 0.15) is 0 Å². The third-order valence-electron chi connectivity index (χ3n) is 4.22. The van der Waals surface area contributed by atoms with E-state index in [0.717, 1.165) is 11.1 Å². The van der Waals surface area contributed by atoms with Crippen LogP contribution in [0.5, 0.6) is 11.5 Å². The number of ether oxygens (including phenoxy) is 2. The van der Waals surface area contributed by atoms with E-state index in [-0.39, 0.29) is 24.0 Å². The van der Waals surface area contributed by atoms with Gasteiger partial charge in [0, 0.05) is 12.6 Å². The minimum atomic E-state index is -0.430. The summed E-state index contributed by atoms with van der Waals surface area (Å²) in [7, 11) is 2.79. The third-order valence-corrected chi connectivity index (χ3v) is 4.22. The van der Waals surface area contributed by atoms with Crippen LogP contribution in [0.1, 0.15) is 11.1 Å². The lowest BCUT2D eigenvalue weighted by Gasteiger charge is -2.14. The van der Waals surface area contributed by atoms with Gasteiger partial charge in [-0.25, -0.2) is 4.79 Å². The molecule has 0 spiro atoms. The average molecular weight is 383 g/mol. The van der Waals surface area contributed by atoms with Crippen LogP contribution >= 0.6 is 0 Å². The zero-order valence-corrected chi connectivity index (χ0v) is 16.1. The van der Waals surface area contributed by atoms with Crippen molar-refractivity contribution in [3.05, 3.63) is 71.8 Å². The lowest BCUT2D eigenvalue weighted by molar-refractivity contribution is -0.134. The molecule has 6 nitrogen and oxygen atoms in total. The lowest BCUT2D eigenvalue weighted by atomic mass is 9.98. The molecule has 0 bridgehead atoms. The molecule has 0 radical (unpaired) electrons. The number of hydrogen-bond donors (Lipinski definition) is 2. The van der Waals surface area contributed by atoms with E-state index in [0.29, 0.717) is 18.7 Å². The summed E-state index contributed by atoms with van der Waals surface area (Å²) in [6.07, 6.45) is 3.98. The standard InChI is InChI=1S/C22H25NO5/c1-27-20-13-17(8-10-19(20)24)14-21(25)23-15-18(9-11-22(26)28-2)12-16-6-4-3-5-7-16/h3-11,13,18,24H,12,14-15H2,1-2H3,(H,23,25)/b11-9+. The molecule has 0 saturated heterocycles. The van der Waals surface area contributed by atoms with Crippen LogP contribution in [0.2, 0.25) is 0 Å². The van der Waals surface area contributed by atoms with Crippen molar-refractivity contribution in [2.75, 3.05) is 20.8 Å². The van der Waals surface area contributed by atoms with Crippen molar-refractivity contribution >= 4 is 11.9 Å². The van der Waals surface area contributed by atoms with Crippen molar-refractivity contribution in [1.29, 1.82) is 0 Å². The maximum atomic E-state index is 12.3. The number of carbonyl (C=O) groups excluding carboxylic acids is 2. The van der Waals surface area contributed by atoms with Crippen molar-refractivity contribution in [3.8, 4) is 11.5 Å². The van der Waals surface area contributed by atoms with E-state index in [9.17, 15) is 14.7 Å². The number of hydrogen-bond acceptors (Lipinski definition) is 5. The molecule has 2 rings (SSSR count). The SMILES string of the molecule is COC(=O)/C=C/C(CNC(=O)Cc1ccc(O)c(OC)c1)Cc1ccccc1. The highest BCUT2D eigenvalue weighted by atomic mass is 16.5. The first-order chi connectivity index (χ1) is 13.5. The summed E-state index contributed by atoms with van der Waals surface area (Å²) in [5.74, 6) is -0.284. The second-order valence-corrected chi connectivity index (χ2v) is 6.32. The van der Waals surface area contributed by atoms with Crippen LogP contribution in [0, 0.1) is 5.92 Å². The Labute approximate surface area is 164 Å². The zero-order valence-electron chi connectivity index (χ0n) is 16.1. The molecule has 1 amide bonds. The number of rotatable bonds is 9. The predicted octanol–water partition coefficient (Wildman–Crippen LogP) is 2.65. The van der Waals surface area contributed by atoms with E-state index in [2.05, 4.69) is 10.1 Å². The highest BCUT2D eigenvalue weighted by Gasteiger charge is 2.11. The first kappa shape index (κ1) is 21.0. The second kappa shape index (κ2) is 10.8. The van der Waals surface area contributed by atoms with Gasteiger partial charge in [0.05, 0.1) is 20.6 Å². The van der Waals surface area contributed by atoms with Gasteiger partial charge in [0.2, 0.25) is 5.91 Å². The van der Waals surface area contributed by atoms with Crippen molar-refractivity contribution in [1.82, 2.24) is 5.32 Å². The Morgan fingerprint density at radius 3 is 2.54 bits per heavy atom. The highest BCUT2D eigenvalue weighted by Crippen LogP contribution is 2.26. The Kier molecular flexibility index (Phi) is 8.09. The van der Waals surface area contributed by atoms with Crippen LogP contribution < -0.4 is 10.1 Å². The minimum absolute atomic E-state index is 0.0301. The molecule has 0 fully saturated rings. The van der Waals surface area contributed by atoms with Gasteiger partial charge < -0.3 is 19.9 Å². The molecule has 6 heteroatoms. The molecule has 148 valence electrons. The summed E-state index contributed by atoms with van der Waals surface area (Å²) >= 11 is 0. The monoisotopic (exact) mass is 383 g/mol. The van der Waals surface area contributed by atoms with Crippen LogP contribution in [0.25, 0.3) is 0 Å². The summed E-state index contributed by atoms with van der Waals surface area (Å²) in [6.45, 7) is 0.385. The van der Waals surface area contributed by atoms with Crippen molar-refractivity contribution in [2.24, 2.45) is 5.92 Å². The normalized spacial score (nSPS) is 11.8. The molecule has 2 N–H and O–H groups in total. The van der Waals surface area contributed by atoms with Gasteiger partial charge in [0.25, 0.3) is 0 Å². The van der Waals surface area contributed by atoms with Gasteiger partial charge in [-0.15, -0.1) is 0 Å². The molecule has 28 heavy (non-hydrogen) atoms. The van der Waals surface area contributed by atoms with Crippen LogP contribution in [0.3, 0.4) is 0 Å². The van der Waals surface area contributed by atoms with Gasteiger partial charge in [-0.2, -0.15) is 0 Å². The van der Waals surface area contributed by atoms with Crippen LogP contribution in [-0.4, -0.2) is 37.7 Å². The summed E-state index contributed by atoms with van der Waals surface area (Å²) < 4.78 is 9.70. The van der Waals surface area contributed by atoms with E-state index < -0.39 is 5.97 Å². The Morgan fingerprint density at radius 1 is 1.11 bits per heavy atom. The van der Waals surface area contributed by atoms with Crippen molar-refractivity contribution < 1.29 is 24.2 Å². The second-order valence-electron chi connectivity index (χ2n) is 6.32. The molecule has 0 aliphatic carbocycles. The molecule has 2 aromatic rings. The summed E-state index contributed by atoms with van der Waals surface area (Å²) in [5.41, 5.74) is 1.84. The number of phenolic OH excluding ortho intramolecular Hbond substituents is 1. The molecule has 0 aliphatic heterocycles. The van der Waals surface area contributed by atoms with Crippen LogP contribution in [0.4, 0.5) is 0 Å². The molecular formula is C22H25NO5. The fourth-order valence-electron chi connectivity index (χ4n) is 2.73. The van der Waals surface area contributed by atoms with Gasteiger partial charge in [0.15, 0.2) is 11.5 Å². The molecule has 0 saturated carbocycles. The van der Waals surface area contributed by atoms with Gasteiger partial charge in [-0.3, -0.25) is 4.79 Å². The first-order valence-corrected chi connectivity index (χ1v) is 8.94. The maximum absolute atomic E-state index is 12.3. The topological polar surface area (TPSA) is 84.9 Å². The molecular weight excluding hydrogens is 358 g/mol. The number of nitrogens with one attached hydrogen (secondary N) is 1. The fourth-order valence-corrected chi connectivity index (χ4v) is 2.73. The Hall–Kier alpha value is -3.28. The number of esters is 1. The number of phenols is 1. The summed E-state index contributed by atoms with van der Waals surface area (Å²) in [5, 5.41) is 12.5. The van der Waals surface area contributed by atoms with E-state index in [1.807, 2.05) is 30.3 Å². The fraction of sp³-hybridized carbons (Fsp3) is 0.273.